The number of aromatic amines is 1. The van der Waals surface area contributed by atoms with Gasteiger partial charge >= 0.3 is 0 Å². The number of aryl methyl sites for hydroxylation is 4. The number of allylic oxidation sites excluding steroid dienone is 1. The molecule has 11 heteroatoms. The molecule has 1 amide bonds. The number of thiazole rings is 1. The van der Waals surface area contributed by atoms with Gasteiger partial charge in [0.1, 0.15) is 0 Å². The van der Waals surface area contributed by atoms with Gasteiger partial charge in [-0.25, -0.2) is 9.97 Å². The van der Waals surface area contributed by atoms with Crippen molar-refractivity contribution in [3.63, 3.8) is 0 Å². The normalized spacial score (nSPS) is 11.2. The molecule has 9 nitrogen and oxygen atoms in total. The minimum atomic E-state index is -0.258. The van der Waals surface area contributed by atoms with Crippen molar-refractivity contribution < 1.29 is 4.79 Å². The second-order valence-electron chi connectivity index (χ2n) is 6.86. The Morgan fingerprint density at radius 3 is 2.83 bits per heavy atom. The maximum absolute atomic E-state index is 13.1. The van der Waals surface area contributed by atoms with E-state index in [0.29, 0.717) is 33.5 Å². The van der Waals surface area contributed by atoms with E-state index in [1.807, 2.05) is 32.4 Å². The number of fused-ring (bicyclic) bond motifs is 1. The maximum atomic E-state index is 13.1. The Bertz CT molecular complexity index is 1360. The number of hydrogen-bond acceptors (Lipinski definition) is 7. The summed E-state index contributed by atoms with van der Waals surface area (Å²) in [4.78, 5) is 23.0. The van der Waals surface area contributed by atoms with E-state index in [1.165, 1.54) is 11.3 Å². The first-order valence-electron chi connectivity index (χ1n) is 9.16. The molecule has 0 aliphatic rings. The van der Waals surface area contributed by atoms with Crippen LogP contribution >= 0.6 is 23.6 Å². The molecule has 4 aromatic heterocycles. The highest BCUT2D eigenvalue weighted by atomic mass is 32.1. The lowest BCUT2D eigenvalue weighted by molar-refractivity contribution is 0.102. The number of pyridine rings is 1. The van der Waals surface area contributed by atoms with Gasteiger partial charge in [-0.1, -0.05) is 17.4 Å². The lowest BCUT2D eigenvalue weighted by atomic mass is 10.1. The van der Waals surface area contributed by atoms with Crippen molar-refractivity contribution in [1.82, 2.24) is 34.5 Å². The summed E-state index contributed by atoms with van der Waals surface area (Å²) in [5.41, 5.74) is 3.44. The molecular formula is C19H20N8OS2. The highest BCUT2D eigenvalue weighted by Gasteiger charge is 2.21. The minimum Gasteiger partial charge on any atom is -0.298 e. The fraction of sp³-hybridized carbons (Fsp3) is 0.263. The second kappa shape index (κ2) is 7.58. The lowest BCUT2D eigenvalue weighted by Crippen LogP contribution is -2.13. The summed E-state index contributed by atoms with van der Waals surface area (Å²) in [5.74, 6) is 0.410. The van der Waals surface area contributed by atoms with Crippen molar-refractivity contribution in [3.8, 4) is 10.7 Å². The third-order valence-corrected chi connectivity index (χ3v) is 6.01. The molecule has 30 heavy (non-hydrogen) atoms. The van der Waals surface area contributed by atoms with Gasteiger partial charge in [0.15, 0.2) is 21.4 Å². The average molecular weight is 441 g/mol. The Kier molecular flexibility index (Phi) is 5.08. The zero-order valence-electron chi connectivity index (χ0n) is 17.0. The Hall–Kier alpha value is -3.18. The van der Waals surface area contributed by atoms with Crippen LogP contribution in [0.3, 0.4) is 0 Å². The van der Waals surface area contributed by atoms with Gasteiger partial charge in [0, 0.05) is 19.3 Å². The highest BCUT2D eigenvalue weighted by molar-refractivity contribution is 7.71. The van der Waals surface area contributed by atoms with E-state index in [2.05, 4.69) is 37.2 Å². The van der Waals surface area contributed by atoms with Crippen molar-refractivity contribution in [2.24, 2.45) is 7.05 Å². The highest BCUT2D eigenvalue weighted by Crippen LogP contribution is 2.32. The molecule has 0 radical (unpaired) electrons. The summed E-state index contributed by atoms with van der Waals surface area (Å²) in [5, 5.41) is 15.7. The molecule has 0 fully saturated rings. The molecule has 0 spiro atoms. The van der Waals surface area contributed by atoms with Gasteiger partial charge in [0.25, 0.3) is 5.91 Å². The third-order valence-electron chi connectivity index (χ3n) is 4.63. The summed E-state index contributed by atoms with van der Waals surface area (Å²) >= 11 is 6.64. The molecule has 0 saturated heterocycles. The van der Waals surface area contributed by atoms with Gasteiger partial charge in [-0.2, -0.15) is 10.2 Å². The Labute approximate surface area is 181 Å². The topological polar surface area (TPSA) is 106 Å². The molecule has 0 aliphatic carbocycles. The number of aromatic nitrogens is 7. The molecular weight excluding hydrogens is 420 g/mol. The molecule has 0 saturated carbocycles. The fourth-order valence-corrected chi connectivity index (χ4v) is 4.53. The van der Waals surface area contributed by atoms with Crippen LogP contribution in [0.4, 0.5) is 5.13 Å². The summed E-state index contributed by atoms with van der Waals surface area (Å²) in [6.07, 6.45) is 1.75. The number of amides is 1. The first-order valence-corrected chi connectivity index (χ1v) is 10.4. The predicted octanol–water partition coefficient (Wildman–Crippen LogP) is 3.71. The molecule has 0 aromatic carbocycles. The van der Waals surface area contributed by atoms with E-state index < -0.39 is 0 Å². The van der Waals surface area contributed by atoms with E-state index in [9.17, 15) is 4.79 Å². The van der Waals surface area contributed by atoms with Crippen molar-refractivity contribution >= 4 is 45.6 Å². The van der Waals surface area contributed by atoms with Crippen LogP contribution in [0.2, 0.25) is 0 Å². The molecule has 0 atom stereocenters. The van der Waals surface area contributed by atoms with Crippen LogP contribution in [0.5, 0.6) is 0 Å². The largest absolute Gasteiger partial charge is 0.298 e. The van der Waals surface area contributed by atoms with Crippen LogP contribution in [0, 0.1) is 25.5 Å². The molecule has 0 bridgehead atoms. The average Bonchev–Trinajstić information content (AvgIpc) is 3.31. The first-order chi connectivity index (χ1) is 14.3. The van der Waals surface area contributed by atoms with Crippen LogP contribution in [-0.4, -0.2) is 40.4 Å². The monoisotopic (exact) mass is 440 g/mol. The van der Waals surface area contributed by atoms with Crippen molar-refractivity contribution in [1.29, 1.82) is 0 Å². The number of carbonyl (C=O) groups is 1. The Morgan fingerprint density at radius 1 is 1.33 bits per heavy atom. The standard InChI is InChI=1S/C19H20N8OS2/c1-6-7-27-16(23-24-19(27)29)14-11(4)21-18(30-14)22-17(28)12-8-9(2)20-15-13(12)10(3)25-26(15)5/h6,8H,1,7H2,2-5H3,(H,24,29)(H,21,22,28). The molecule has 4 rings (SSSR count). The van der Waals surface area contributed by atoms with Crippen LogP contribution in [0.1, 0.15) is 27.4 Å². The number of rotatable bonds is 5. The number of nitrogens with zero attached hydrogens (tertiary/aromatic N) is 6. The number of H-pyrrole nitrogens is 1. The number of hydrogen-bond donors (Lipinski definition) is 2. The van der Waals surface area contributed by atoms with Crippen molar-refractivity contribution in [3.05, 3.63) is 46.1 Å². The summed E-state index contributed by atoms with van der Waals surface area (Å²) in [6, 6.07) is 1.77. The van der Waals surface area contributed by atoms with E-state index >= 15 is 0 Å². The van der Waals surface area contributed by atoms with Gasteiger partial charge in [-0.3, -0.25) is 24.5 Å². The predicted molar refractivity (Wildman–Crippen MR) is 119 cm³/mol. The van der Waals surface area contributed by atoms with Crippen LogP contribution < -0.4 is 5.32 Å². The Balaban J connectivity index is 1.71. The second-order valence-corrected chi connectivity index (χ2v) is 8.24. The lowest BCUT2D eigenvalue weighted by Gasteiger charge is -2.05. The van der Waals surface area contributed by atoms with Crippen molar-refractivity contribution in [2.75, 3.05) is 5.32 Å². The summed E-state index contributed by atoms with van der Waals surface area (Å²) in [6.45, 7) is 9.88. The summed E-state index contributed by atoms with van der Waals surface area (Å²) in [7, 11) is 1.82. The zero-order chi connectivity index (χ0) is 21.6. The summed E-state index contributed by atoms with van der Waals surface area (Å²) < 4.78 is 4.02. The van der Waals surface area contributed by atoms with E-state index in [-0.39, 0.29) is 5.91 Å². The smallest absolute Gasteiger partial charge is 0.258 e. The molecule has 0 unspecified atom stereocenters. The maximum Gasteiger partial charge on any atom is 0.258 e. The van der Waals surface area contributed by atoms with Crippen LogP contribution in [0.25, 0.3) is 21.7 Å². The van der Waals surface area contributed by atoms with E-state index in [0.717, 1.165) is 27.3 Å². The molecule has 2 N–H and O–H groups in total. The van der Waals surface area contributed by atoms with Crippen LogP contribution in [-0.2, 0) is 13.6 Å². The number of anilines is 1. The molecule has 4 heterocycles. The molecule has 0 aliphatic heterocycles. The minimum absolute atomic E-state index is 0.258. The van der Waals surface area contributed by atoms with E-state index in [1.54, 1.807) is 16.8 Å². The Morgan fingerprint density at radius 2 is 2.10 bits per heavy atom. The molecule has 154 valence electrons. The van der Waals surface area contributed by atoms with Gasteiger partial charge < -0.3 is 0 Å². The van der Waals surface area contributed by atoms with Gasteiger partial charge in [-0.15, -0.1) is 6.58 Å². The van der Waals surface area contributed by atoms with Gasteiger partial charge in [-0.05, 0) is 39.1 Å². The van der Waals surface area contributed by atoms with Crippen LogP contribution in [0.15, 0.2) is 18.7 Å². The fourth-order valence-electron chi connectivity index (χ4n) is 3.36. The van der Waals surface area contributed by atoms with Crippen molar-refractivity contribution in [2.45, 2.75) is 27.3 Å². The quantitative estimate of drug-likeness (QED) is 0.362. The van der Waals surface area contributed by atoms with Gasteiger partial charge in [0.2, 0.25) is 0 Å². The third kappa shape index (κ3) is 3.35. The SMILES string of the molecule is C=CCn1c(-c2sc(NC(=O)c3cc(C)nc4c3c(C)nn4C)nc2C)n[nH]c1=S. The number of carbonyl (C=O) groups excluding carboxylic acids is 1. The van der Waals surface area contributed by atoms with E-state index in [4.69, 9.17) is 12.2 Å². The first kappa shape index (κ1) is 20.1. The molecule has 4 aromatic rings. The van der Waals surface area contributed by atoms with Gasteiger partial charge in [0.05, 0.1) is 27.2 Å². The zero-order valence-corrected chi connectivity index (χ0v) is 18.6. The number of nitrogens with one attached hydrogen (secondary N) is 2.